The molecule has 0 atom stereocenters. The van der Waals surface area contributed by atoms with Gasteiger partial charge in [0.15, 0.2) is 0 Å². The first-order valence-electron chi connectivity index (χ1n) is 4.28. The maximum atomic E-state index is 6.06. The van der Waals surface area contributed by atoms with Crippen LogP contribution in [0, 0.1) is 3.57 Å². The highest BCUT2D eigenvalue weighted by Gasteiger charge is 2.04. The molecular weight excluding hydrogens is 306 g/mol. The van der Waals surface area contributed by atoms with Crippen LogP contribution < -0.4 is 0 Å². The van der Waals surface area contributed by atoms with Gasteiger partial charge in [-0.3, -0.25) is 0 Å². The zero-order valence-electron chi connectivity index (χ0n) is 7.37. The largest absolute Gasteiger partial charge is 0.0832 e. The summed E-state index contributed by atoms with van der Waals surface area (Å²) in [5, 5.41) is 0.812. The zero-order valence-corrected chi connectivity index (χ0v) is 10.3. The highest BCUT2D eigenvalue weighted by atomic mass is 127. The topological polar surface area (TPSA) is 0 Å². The number of rotatable bonds is 1. The molecule has 2 rings (SSSR count). The summed E-state index contributed by atoms with van der Waals surface area (Å²) in [7, 11) is 0. The molecule has 14 heavy (non-hydrogen) atoms. The summed E-state index contributed by atoms with van der Waals surface area (Å²) >= 11 is 8.33. The van der Waals surface area contributed by atoms with Crippen LogP contribution in [0.25, 0.3) is 11.1 Å². The molecule has 0 amide bonds. The predicted octanol–water partition coefficient (Wildman–Crippen LogP) is 4.61. The molecule has 0 heterocycles. The van der Waals surface area contributed by atoms with Gasteiger partial charge in [0, 0.05) is 3.57 Å². The second kappa shape index (κ2) is 4.32. The Balaban J connectivity index is 2.58. The lowest BCUT2D eigenvalue weighted by atomic mass is 10.1. The van der Waals surface area contributed by atoms with Gasteiger partial charge in [0.2, 0.25) is 0 Å². The second-order valence-electron chi connectivity index (χ2n) is 2.97. The number of benzene rings is 2. The summed E-state index contributed by atoms with van der Waals surface area (Å²) in [6.07, 6.45) is 0. The lowest BCUT2D eigenvalue weighted by Gasteiger charge is -2.05. The van der Waals surface area contributed by atoms with E-state index >= 15 is 0 Å². The second-order valence-corrected chi connectivity index (χ2v) is 4.45. The van der Waals surface area contributed by atoms with E-state index in [-0.39, 0.29) is 0 Å². The molecule has 0 saturated carbocycles. The van der Waals surface area contributed by atoms with E-state index < -0.39 is 0 Å². The minimum Gasteiger partial charge on any atom is -0.0832 e. The summed E-state index contributed by atoms with van der Waals surface area (Å²) in [6, 6.07) is 16.2. The average molecular weight is 315 g/mol. The van der Waals surface area contributed by atoms with E-state index in [1.165, 1.54) is 11.1 Å². The van der Waals surface area contributed by atoms with Gasteiger partial charge in [-0.2, -0.15) is 0 Å². The lowest BCUT2D eigenvalue weighted by molar-refractivity contribution is 1.58. The predicted molar refractivity (Wildman–Crippen MR) is 69.6 cm³/mol. The molecule has 0 bridgehead atoms. The molecule has 0 unspecified atom stereocenters. The summed E-state index contributed by atoms with van der Waals surface area (Å²) in [4.78, 5) is 0. The number of hydrogen-bond donors (Lipinski definition) is 0. The molecule has 0 aromatic heterocycles. The van der Waals surface area contributed by atoms with Gasteiger partial charge >= 0.3 is 0 Å². The molecule has 0 aliphatic heterocycles. The highest BCUT2D eigenvalue weighted by molar-refractivity contribution is 14.1. The monoisotopic (exact) mass is 314 g/mol. The van der Waals surface area contributed by atoms with Crippen molar-refractivity contribution >= 4 is 34.2 Å². The molecule has 2 heteroatoms. The third kappa shape index (κ3) is 1.93. The van der Waals surface area contributed by atoms with Crippen molar-refractivity contribution in [3.8, 4) is 11.1 Å². The Labute approximate surface area is 102 Å². The van der Waals surface area contributed by atoms with E-state index in [9.17, 15) is 0 Å². The standard InChI is InChI=1S/C12H8ClI/c13-11-8-4-7-10(12(11)14)9-5-2-1-3-6-9/h1-8H. The van der Waals surface area contributed by atoms with Crippen molar-refractivity contribution in [1.82, 2.24) is 0 Å². The van der Waals surface area contributed by atoms with Gasteiger partial charge in [0.1, 0.15) is 0 Å². The quantitative estimate of drug-likeness (QED) is 0.674. The third-order valence-electron chi connectivity index (χ3n) is 2.04. The maximum absolute atomic E-state index is 6.06. The molecule has 70 valence electrons. The summed E-state index contributed by atoms with van der Waals surface area (Å²) in [6.45, 7) is 0. The minimum atomic E-state index is 0.812. The van der Waals surface area contributed by atoms with Crippen LogP contribution in [0.2, 0.25) is 5.02 Å². The fourth-order valence-corrected chi connectivity index (χ4v) is 2.19. The molecule has 0 spiro atoms. The first kappa shape index (κ1) is 9.99. The van der Waals surface area contributed by atoms with Crippen LogP contribution in [0.5, 0.6) is 0 Å². The Morgan fingerprint density at radius 1 is 0.857 bits per heavy atom. The molecule has 2 aromatic carbocycles. The minimum absolute atomic E-state index is 0.812. The van der Waals surface area contributed by atoms with Crippen LogP contribution in [0.15, 0.2) is 48.5 Å². The van der Waals surface area contributed by atoms with Crippen LogP contribution >= 0.6 is 34.2 Å². The van der Waals surface area contributed by atoms with Gasteiger partial charge in [-0.15, -0.1) is 0 Å². The van der Waals surface area contributed by atoms with Gasteiger partial charge in [-0.05, 0) is 39.8 Å². The van der Waals surface area contributed by atoms with E-state index in [0.717, 1.165) is 8.59 Å². The van der Waals surface area contributed by atoms with Crippen LogP contribution in [0.3, 0.4) is 0 Å². The summed E-state index contributed by atoms with van der Waals surface area (Å²) < 4.78 is 1.11. The third-order valence-corrected chi connectivity index (χ3v) is 3.83. The molecule has 2 aromatic rings. The van der Waals surface area contributed by atoms with Crippen LogP contribution in [0.4, 0.5) is 0 Å². The molecular formula is C12H8ClI. The smallest absolute Gasteiger partial charge is 0.0545 e. The molecule has 0 N–H and O–H groups in total. The Bertz CT molecular complexity index is 437. The van der Waals surface area contributed by atoms with E-state index in [1.54, 1.807) is 0 Å². The van der Waals surface area contributed by atoms with E-state index in [2.05, 4.69) is 40.8 Å². The van der Waals surface area contributed by atoms with Crippen LogP contribution in [-0.4, -0.2) is 0 Å². The lowest BCUT2D eigenvalue weighted by Crippen LogP contribution is -1.82. The first-order valence-corrected chi connectivity index (χ1v) is 5.74. The SMILES string of the molecule is Clc1cccc(-c2ccccc2)c1I. The summed E-state index contributed by atoms with van der Waals surface area (Å²) in [5.41, 5.74) is 2.40. The van der Waals surface area contributed by atoms with Crippen molar-refractivity contribution in [2.24, 2.45) is 0 Å². The van der Waals surface area contributed by atoms with Crippen molar-refractivity contribution in [1.29, 1.82) is 0 Å². The van der Waals surface area contributed by atoms with Gasteiger partial charge < -0.3 is 0 Å². The Kier molecular flexibility index (Phi) is 3.08. The Morgan fingerprint density at radius 2 is 1.57 bits per heavy atom. The number of halogens is 2. The maximum Gasteiger partial charge on any atom is 0.0545 e. The molecule has 0 saturated heterocycles. The van der Waals surface area contributed by atoms with Gasteiger partial charge in [0.25, 0.3) is 0 Å². The molecule has 0 fully saturated rings. The van der Waals surface area contributed by atoms with E-state index in [1.807, 2.05) is 30.3 Å². The fraction of sp³-hybridized carbons (Fsp3) is 0. The first-order chi connectivity index (χ1) is 6.79. The normalized spacial score (nSPS) is 10.1. The van der Waals surface area contributed by atoms with Crippen molar-refractivity contribution in [3.05, 3.63) is 57.1 Å². The average Bonchev–Trinajstić information content (AvgIpc) is 2.23. The molecule has 0 radical (unpaired) electrons. The fourth-order valence-electron chi connectivity index (χ4n) is 1.34. The van der Waals surface area contributed by atoms with Crippen molar-refractivity contribution in [3.63, 3.8) is 0 Å². The molecule has 0 aliphatic rings. The van der Waals surface area contributed by atoms with Gasteiger partial charge in [-0.25, -0.2) is 0 Å². The van der Waals surface area contributed by atoms with Crippen molar-refractivity contribution in [2.45, 2.75) is 0 Å². The zero-order chi connectivity index (χ0) is 9.97. The van der Waals surface area contributed by atoms with Crippen LogP contribution in [0.1, 0.15) is 0 Å². The van der Waals surface area contributed by atoms with Crippen molar-refractivity contribution < 1.29 is 0 Å². The number of hydrogen-bond acceptors (Lipinski definition) is 0. The molecule has 0 nitrogen and oxygen atoms in total. The van der Waals surface area contributed by atoms with Gasteiger partial charge in [-0.1, -0.05) is 54.1 Å². The van der Waals surface area contributed by atoms with Gasteiger partial charge in [0.05, 0.1) is 5.02 Å². The van der Waals surface area contributed by atoms with E-state index in [4.69, 9.17) is 11.6 Å². The van der Waals surface area contributed by atoms with Crippen molar-refractivity contribution in [2.75, 3.05) is 0 Å². The Hall–Kier alpha value is -0.540. The molecule has 0 aliphatic carbocycles. The van der Waals surface area contributed by atoms with E-state index in [0.29, 0.717) is 0 Å². The van der Waals surface area contributed by atoms with Crippen LogP contribution in [-0.2, 0) is 0 Å². The summed E-state index contributed by atoms with van der Waals surface area (Å²) in [5.74, 6) is 0. The highest BCUT2D eigenvalue weighted by Crippen LogP contribution is 2.29. The Morgan fingerprint density at radius 3 is 2.29 bits per heavy atom.